The molecule has 0 aliphatic rings. The smallest absolute Gasteiger partial charge is 0.328 e. The number of ether oxygens (including phenoxy) is 1. The van der Waals surface area contributed by atoms with E-state index in [4.69, 9.17) is 14.8 Å². The number of allylic oxidation sites excluding steroid dienone is 5. The minimum Gasteiger partial charge on any atom is -0.491 e. The van der Waals surface area contributed by atoms with Crippen LogP contribution in [0.1, 0.15) is 83.7 Å². The molecule has 0 saturated carbocycles. The summed E-state index contributed by atoms with van der Waals surface area (Å²) in [6, 6.07) is 2.11. The molecule has 0 unspecified atom stereocenters. The lowest BCUT2D eigenvalue weighted by molar-refractivity contribution is -0.131. The largest absolute Gasteiger partial charge is 0.491 e. The zero-order valence-electron chi connectivity index (χ0n) is 17.7. The molecule has 0 bridgehead atoms. The van der Waals surface area contributed by atoms with Crippen LogP contribution in [-0.2, 0) is 4.79 Å². The van der Waals surface area contributed by atoms with Crippen molar-refractivity contribution >= 4 is 11.5 Å². The van der Waals surface area contributed by atoms with E-state index in [0.29, 0.717) is 18.1 Å². The summed E-state index contributed by atoms with van der Waals surface area (Å²) < 4.78 is 6.10. The van der Waals surface area contributed by atoms with Gasteiger partial charge in [0, 0.05) is 17.3 Å². The van der Waals surface area contributed by atoms with Crippen LogP contribution in [0.25, 0.3) is 5.57 Å². The standard InChI is InChI=1S/C23H33NO3/c1-8-12-27-23-19(14-20(15(2)3)24-22(23)16(4)5)18(7)11-9-10-17(6)13-21(25)26/h9-11,13-16H,8,12H2,1-7H3,(H,25,26). The van der Waals surface area contributed by atoms with Crippen LogP contribution in [-0.4, -0.2) is 22.7 Å². The van der Waals surface area contributed by atoms with Crippen molar-refractivity contribution in [3.63, 3.8) is 0 Å². The minimum atomic E-state index is -0.939. The van der Waals surface area contributed by atoms with E-state index in [9.17, 15) is 4.79 Å². The van der Waals surface area contributed by atoms with Crippen molar-refractivity contribution in [3.05, 3.63) is 52.9 Å². The predicted molar refractivity (Wildman–Crippen MR) is 112 cm³/mol. The van der Waals surface area contributed by atoms with Crippen LogP contribution >= 0.6 is 0 Å². The van der Waals surface area contributed by atoms with Crippen LogP contribution in [0.3, 0.4) is 0 Å². The second-order valence-electron chi connectivity index (χ2n) is 7.40. The van der Waals surface area contributed by atoms with Crippen molar-refractivity contribution in [1.29, 1.82) is 0 Å². The maximum absolute atomic E-state index is 10.7. The lowest BCUT2D eigenvalue weighted by Crippen LogP contribution is -2.08. The molecule has 1 aromatic rings. The van der Waals surface area contributed by atoms with E-state index >= 15 is 0 Å². The van der Waals surface area contributed by atoms with Crippen LogP contribution in [0, 0.1) is 0 Å². The average Bonchev–Trinajstić information content (AvgIpc) is 2.58. The summed E-state index contributed by atoms with van der Waals surface area (Å²) in [4.78, 5) is 15.6. The molecule has 1 heterocycles. The van der Waals surface area contributed by atoms with Gasteiger partial charge in [0.15, 0.2) is 0 Å². The highest BCUT2D eigenvalue weighted by molar-refractivity contribution is 5.81. The summed E-state index contributed by atoms with van der Waals surface area (Å²) in [6.07, 6.45) is 7.78. The van der Waals surface area contributed by atoms with Gasteiger partial charge < -0.3 is 9.84 Å². The lowest BCUT2D eigenvalue weighted by atomic mass is 9.97. The van der Waals surface area contributed by atoms with Gasteiger partial charge in [-0.3, -0.25) is 4.98 Å². The molecule has 27 heavy (non-hydrogen) atoms. The summed E-state index contributed by atoms with van der Waals surface area (Å²) in [5, 5.41) is 8.81. The second-order valence-corrected chi connectivity index (χ2v) is 7.40. The van der Waals surface area contributed by atoms with E-state index in [2.05, 4.69) is 40.7 Å². The SMILES string of the molecule is CCCOc1c(C(C)=CC=CC(C)=CC(=O)O)cc(C(C)C)nc1C(C)C. The van der Waals surface area contributed by atoms with E-state index in [1.165, 1.54) is 6.08 Å². The van der Waals surface area contributed by atoms with Crippen LogP contribution < -0.4 is 4.74 Å². The molecule has 0 aliphatic heterocycles. The molecule has 0 fully saturated rings. The highest BCUT2D eigenvalue weighted by Gasteiger charge is 2.18. The summed E-state index contributed by atoms with van der Waals surface area (Å²) in [6.45, 7) is 15.1. The molecule has 1 rings (SSSR count). The van der Waals surface area contributed by atoms with Crippen molar-refractivity contribution in [1.82, 2.24) is 4.98 Å². The third-order valence-corrected chi connectivity index (χ3v) is 4.09. The topological polar surface area (TPSA) is 59.4 Å². The number of aromatic nitrogens is 1. The number of nitrogens with zero attached hydrogens (tertiary/aromatic N) is 1. The number of hydrogen-bond acceptors (Lipinski definition) is 3. The molecular weight excluding hydrogens is 338 g/mol. The van der Waals surface area contributed by atoms with Gasteiger partial charge in [0.05, 0.1) is 12.3 Å². The van der Waals surface area contributed by atoms with Gasteiger partial charge in [-0.05, 0) is 49.3 Å². The summed E-state index contributed by atoms with van der Waals surface area (Å²) in [5.74, 6) is 0.505. The zero-order chi connectivity index (χ0) is 20.6. The number of hydrogen-bond donors (Lipinski definition) is 1. The maximum atomic E-state index is 10.7. The van der Waals surface area contributed by atoms with E-state index in [1.807, 2.05) is 19.1 Å². The number of rotatable bonds is 9. The Morgan fingerprint density at radius 1 is 1.22 bits per heavy atom. The number of carbonyl (C=O) groups is 1. The minimum absolute atomic E-state index is 0.262. The molecule has 0 spiro atoms. The zero-order valence-corrected chi connectivity index (χ0v) is 17.7. The molecular formula is C23H33NO3. The van der Waals surface area contributed by atoms with Gasteiger partial charge in [-0.1, -0.05) is 52.8 Å². The fourth-order valence-corrected chi connectivity index (χ4v) is 2.59. The van der Waals surface area contributed by atoms with Gasteiger partial charge in [-0.15, -0.1) is 0 Å². The van der Waals surface area contributed by atoms with Crippen molar-refractivity contribution in [2.24, 2.45) is 0 Å². The maximum Gasteiger partial charge on any atom is 0.328 e. The molecule has 1 aromatic heterocycles. The first-order chi connectivity index (χ1) is 12.7. The van der Waals surface area contributed by atoms with Crippen LogP contribution in [0.4, 0.5) is 0 Å². The van der Waals surface area contributed by atoms with Crippen LogP contribution in [0.5, 0.6) is 5.75 Å². The molecule has 0 radical (unpaired) electrons. The van der Waals surface area contributed by atoms with E-state index in [1.54, 1.807) is 13.0 Å². The van der Waals surface area contributed by atoms with Crippen molar-refractivity contribution < 1.29 is 14.6 Å². The molecule has 0 amide bonds. The number of carboxylic acid groups (broad SMARTS) is 1. The summed E-state index contributed by atoms with van der Waals surface area (Å²) in [7, 11) is 0. The highest BCUT2D eigenvalue weighted by atomic mass is 16.5. The molecule has 148 valence electrons. The summed E-state index contributed by atoms with van der Waals surface area (Å²) in [5.41, 5.74) is 4.84. The van der Waals surface area contributed by atoms with E-state index in [-0.39, 0.29) is 5.92 Å². The Labute approximate surface area is 163 Å². The Kier molecular flexibility index (Phi) is 8.99. The normalized spacial score (nSPS) is 13.1. The number of pyridine rings is 1. The Hall–Kier alpha value is -2.36. The quantitative estimate of drug-likeness (QED) is 0.420. The molecule has 0 saturated heterocycles. The first kappa shape index (κ1) is 22.7. The third kappa shape index (κ3) is 7.05. The van der Waals surface area contributed by atoms with Gasteiger partial charge in [0.2, 0.25) is 0 Å². The Bertz CT molecular complexity index is 740. The highest BCUT2D eigenvalue weighted by Crippen LogP contribution is 2.35. The number of carboxylic acids is 1. The summed E-state index contributed by atoms with van der Waals surface area (Å²) >= 11 is 0. The fraction of sp³-hybridized carbons (Fsp3) is 0.478. The Morgan fingerprint density at radius 3 is 2.41 bits per heavy atom. The Morgan fingerprint density at radius 2 is 1.89 bits per heavy atom. The van der Waals surface area contributed by atoms with Gasteiger partial charge in [0.25, 0.3) is 0 Å². The van der Waals surface area contributed by atoms with Crippen molar-refractivity contribution in [2.75, 3.05) is 6.61 Å². The average molecular weight is 372 g/mol. The van der Waals surface area contributed by atoms with Gasteiger partial charge >= 0.3 is 5.97 Å². The first-order valence-electron chi connectivity index (χ1n) is 9.61. The lowest BCUT2D eigenvalue weighted by Gasteiger charge is -2.20. The first-order valence-corrected chi connectivity index (χ1v) is 9.61. The second kappa shape index (κ2) is 10.7. The van der Waals surface area contributed by atoms with Gasteiger partial charge in [-0.2, -0.15) is 0 Å². The molecule has 0 aromatic carbocycles. The predicted octanol–water partition coefficient (Wildman–Crippen LogP) is 6.11. The van der Waals surface area contributed by atoms with Gasteiger partial charge in [0.1, 0.15) is 5.75 Å². The Balaban J connectivity index is 3.42. The van der Waals surface area contributed by atoms with E-state index < -0.39 is 5.97 Å². The molecule has 1 N–H and O–H groups in total. The van der Waals surface area contributed by atoms with Crippen molar-refractivity contribution in [3.8, 4) is 5.75 Å². The van der Waals surface area contributed by atoms with E-state index in [0.717, 1.165) is 34.7 Å². The molecule has 0 atom stereocenters. The third-order valence-electron chi connectivity index (χ3n) is 4.09. The van der Waals surface area contributed by atoms with Crippen molar-refractivity contribution in [2.45, 2.75) is 66.7 Å². The monoisotopic (exact) mass is 371 g/mol. The molecule has 0 aliphatic carbocycles. The van der Waals surface area contributed by atoms with Crippen LogP contribution in [0.2, 0.25) is 0 Å². The number of aliphatic carboxylic acids is 1. The fourth-order valence-electron chi connectivity index (χ4n) is 2.59. The van der Waals surface area contributed by atoms with Gasteiger partial charge in [-0.25, -0.2) is 4.79 Å². The van der Waals surface area contributed by atoms with Crippen LogP contribution in [0.15, 0.2) is 35.9 Å². The molecule has 4 heteroatoms. The molecule has 4 nitrogen and oxygen atoms in total.